The summed E-state index contributed by atoms with van der Waals surface area (Å²) in [7, 11) is 2.66. The molecule has 2 unspecified atom stereocenters. The van der Waals surface area contributed by atoms with Crippen molar-refractivity contribution in [2.75, 3.05) is 66.7 Å². The molecule has 2 aliphatic heterocycles. The largest absolute Gasteiger partial charge is 0.496 e. The predicted octanol–water partition coefficient (Wildman–Crippen LogP) is 16.3. The molecule has 2 aromatic heterocycles. The maximum Gasteiger partial charge on any atom is 0.419 e. The number of aryl methyl sites for hydroxylation is 2. The number of aromatic nitrogens is 2. The first kappa shape index (κ1) is 95.1. The second-order valence-electron chi connectivity index (χ2n) is 27.3. The normalized spacial score (nSPS) is 14.4. The van der Waals surface area contributed by atoms with Crippen LogP contribution in [0.4, 0.5) is 70.2 Å². The molecule has 4 aromatic carbocycles. The molecule has 2 aliphatic rings. The van der Waals surface area contributed by atoms with Gasteiger partial charge in [-0.1, -0.05) is 39.8 Å². The minimum absolute atomic E-state index is 0. The molecule has 111 heavy (non-hydrogen) atoms. The standard InChI is InChI=1S/C38H43F8N3O5.C21H22F5NO3.C17H23F3N2O3.2H2S/c1-7-54-31(51)18-27(33-34(39)24(16-26(35(33)40)38(44,45)46)32-21(4)9-10-29(53-6)22(32)5)47-36(52)28(15-20(2)3)49-19-23(11-14-48-12-8-13-48)25(17-30(49)50)37(41,42)43;1-5-30-16(28)9-14(27)18-19(22)12(8-13(20(18)23)21(24,25)26)17-10(2)6-7-15(29-4)11(17)3;1-11(2)8-14(16(24)25)22-10-12(4-7-21-5-3-6-21)13(9-15(22)23)17(18,19)20;;/h9-10,16-17,19-20,27-28H,7-8,11-15,18H2,1-6H3,(H,47,52);6-8,14H,5,9,27H2,1-4H3;9-11,14H,3-8H2,1-2H3,(H,24,25);2*1H2/t27-,28?;14-;;;/m00.../s1. The van der Waals surface area contributed by atoms with Crippen LogP contribution in [-0.4, -0.2) is 115 Å². The number of esters is 2. The van der Waals surface area contributed by atoms with Crippen LogP contribution >= 0.6 is 27.0 Å². The maximum atomic E-state index is 16.8. The Hall–Kier alpha value is -8.28. The monoisotopic (exact) mass is 1630 g/mol. The van der Waals surface area contributed by atoms with Crippen LogP contribution in [0.3, 0.4) is 0 Å². The van der Waals surface area contributed by atoms with Crippen molar-refractivity contribution < 1.29 is 113 Å². The van der Waals surface area contributed by atoms with Crippen LogP contribution in [-0.2, 0) is 66.2 Å². The number of nitrogens with two attached hydrogens (primary N) is 1. The van der Waals surface area contributed by atoms with Crippen molar-refractivity contribution >= 4 is 50.8 Å². The van der Waals surface area contributed by atoms with Crippen molar-refractivity contribution in [3.8, 4) is 33.8 Å². The second-order valence-corrected chi connectivity index (χ2v) is 27.3. The van der Waals surface area contributed by atoms with Gasteiger partial charge in [0.1, 0.15) is 46.9 Å². The lowest BCUT2D eigenvalue weighted by atomic mass is 9.88. The summed E-state index contributed by atoms with van der Waals surface area (Å²) in [4.78, 5) is 79.6. The third kappa shape index (κ3) is 23.9. The van der Waals surface area contributed by atoms with Gasteiger partial charge in [0.2, 0.25) is 5.91 Å². The Bertz CT molecular complexity index is 4390. The molecule has 2 saturated heterocycles. The highest BCUT2D eigenvalue weighted by molar-refractivity contribution is 7.59. The number of carbonyl (C=O) groups excluding carboxylic acids is 3. The Morgan fingerprint density at radius 3 is 1.23 bits per heavy atom. The molecule has 8 rings (SSSR count). The van der Waals surface area contributed by atoms with Gasteiger partial charge in [0.05, 0.1) is 68.6 Å². The van der Waals surface area contributed by atoms with Crippen LogP contribution in [0, 0.1) is 62.8 Å². The zero-order valence-corrected chi connectivity index (χ0v) is 65.0. The number of alkyl halides is 12. The van der Waals surface area contributed by atoms with Crippen molar-refractivity contribution in [2.24, 2.45) is 17.6 Å². The van der Waals surface area contributed by atoms with E-state index in [4.69, 9.17) is 24.7 Å². The van der Waals surface area contributed by atoms with E-state index in [9.17, 15) is 90.9 Å². The number of likely N-dealkylation sites (tertiary alicyclic amines) is 2. The van der Waals surface area contributed by atoms with Crippen LogP contribution in [0.5, 0.6) is 11.5 Å². The number of rotatable bonds is 27. The van der Waals surface area contributed by atoms with Crippen LogP contribution < -0.4 is 31.6 Å². The fraction of sp³-hybridized carbons (Fsp3) is 0.500. The van der Waals surface area contributed by atoms with Gasteiger partial charge in [-0.2, -0.15) is 79.7 Å². The van der Waals surface area contributed by atoms with E-state index in [-0.39, 0.29) is 112 Å². The van der Waals surface area contributed by atoms with E-state index in [1.807, 2.05) is 9.80 Å². The number of nitrogens with one attached hydrogen (secondary N) is 1. The van der Waals surface area contributed by atoms with Gasteiger partial charge in [-0.05, 0) is 187 Å². The number of aliphatic carboxylic acids is 1. The fourth-order valence-corrected chi connectivity index (χ4v) is 13.0. The number of pyridine rings is 2. The summed E-state index contributed by atoms with van der Waals surface area (Å²) in [6, 6.07) is 1.17. The van der Waals surface area contributed by atoms with E-state index >= 15 is 13.2 Å². The zero-order chi connectivity index (χ0) is 81.9. The smallest absolute Gasteiger partial charge is 0.419 e. The Balaban J connectivity index is 0.000000384. The van der Waals surface area contributed by atoms with Gasteiger partial charge in [-0.15, -0.1) is 0 Å². The fourth-order valence-electron chi connectivity index (χ4n) is 13.0. The Kier molecular flexibility index (Phi) is 34.2. The SMILES string of the molecule is CC(C)CC(C(=O)O)n1cc(CCN2CCC2)c(C(F)(F)F)cc1=O.CCOC(=O)C[C@H](N)c1c(F)c(-c2c(C)ccc(OC)c2C)cc(C(F)(F)F)c1F.CCOC(=O)C[C@H](NC(=O)C(CC(C)C)n1cc(CCN2CCC2)c(C(F)(F)F)cc1=O)c1c(F)c(-c2c(C)ccc(OC)c2C)cc(C(F)(F)F)c1F.S.S. The summed E-state index contributed by atoms with van der Waals surface area (Å²) in [5.41, 5.74) is -4.50. The molecule has 6 aromatic rings. The first-order valence-corrected chi connectivity index (χ1v) is 34.9. The first-order chi connectivity index (χ1) is 50.7. The molecule has 0 aliphatic carbocycles. The van der Waals surface area contributed by atoms with Gasteiger partial charge in [-0.25, -0.2) is 22.4 Å². The number of nitrogens with zero attached hydrogens (tertiary/aromatic N) is 4. The minimum atomic E-state index is -5.37. The minimum Gasteiger partial charge on any atom is -0.496 e. The van der Waals surface area contributed by atoms with E-state index in [0.717, 1.165) is 47.5 Å². The molecule has 4 heterocycles. The van der Waals surface area contributed by atoms with E-state index in [0.29, 0.717) is 66.3 Å². The van der Waals surface area contributed by atoms with Crippen molar-refractivity contribution in [1.29, 1.82) is 0 Å². The van der Waals surface area contributed by atoms with E-state index in [1.54, 1.807) is 53.7 Å². The van der Waals surface area contributed by atoms with Crippen molar-refractivity contribution in [1.82, 2.24) is 24.3 Å². The molecule has 35 heteroatoms. The summed E-state index contributed by atoms with van der Waals surface area (Å²) in [5, 5.41) is 11.7. The second kappa shape index (κ2) is 39.9. The Morgan fingerprint density at radius 2 is 0.892 bits per heavy atom. The molecule has 4 atom stereocenters. The lowest BCUT2D eigenvalue weighted by molar-refractivity contribution is -0.145. The van der Waals surface area contributed by atoms with E-state index in [1.165, 1.54) is 54.0 Å². The molecule has 4 N–H and O–H groups in total. The topological polar surface area (TPSA) is 214 Å². The van der Waals surface area contributed by atoms with Gasteiger partial charge < -0.3 is 54.0 Å². The summed E-state index contributed by atoms with van der Waals surface area (Å²) >= 11 is 0. The summed E-state index contributed by atoms with van der Waals surface area (Å²) in [6.45, 7) is 19.5. The molecule has 2 fully saturated rings. The summed E-state index contributed by atoms with van der Waals surface area (Å²) in [5.74, 6) is -11.0. The molecule has 0 radical (unpaired) electrons. The number of benzene rings is 4. The Labute approximate surface area is 645 Å². The molecule has 616 valence electrons. The highest BCUT2D eigenvalue weighted by atomic mass is 32.1. The number of carbonyl (C=O) groups is 4. The number of hydrogen-bond donors (Lipinski definition) is 3. The maximum absolute atomic E-state index is 16.8. The zero-order valence-electron chi connectivity index (χ0n) is 63.0. The van der Waals surface area contributed by atoms with Crippen molar-refractivity contribution in [2.45, 2.75) is 169 Å². The third-order valence-corrected chi connectivity index (χ3v) is 18.6. The number of amides is 1. The number of halogens is 16. The molecule has 17 nitrogen and oxygen atoms in total. The highest BCUT2D eigenvalue weighted by Gasteiger charge is 2.44. The van der Waals surface area contributed by atoms with Crippen LogP contribution in [0.1, 0.15) is 171 Å². The predicted molar refractivity (Wildman–Crippen MR) is 392 cm³/mol. The van der Waals surface area contributed by atoms with Gasteiger partial charge in [0.15, 0.2) is 0 Å². The molecule has 0 spiro atoms. The number of carboxylic acid groups (broad SMARTS) is 1. The van der Waals surface area contributed by atoms with Crippen LogP contribution in [0.2, 0.25) is 0 Å². The average molecular weight is 1630 g/mol. The summed E-state index contributed by atoms with van der Waals surface area (Å²) < 4.78 is 251. The van der Waals surface area contributed by atoms with Gasteiger partial charge in [0, 0.05) is 65.9 Å². The van der Waals surface area contributed by atoms with Gasteiger partial charge >= 0.3 is 42.6 Å². The lowest BCUT2D eigenvalue weighted by Gasteiger charge is -2.31. The number of methoxy groups -OCH3 is 2. The van der Waals surface area contributed by atoms with Crippen molar-refractivity contribution in [3.05, 3.63) is 172 Å². The van der Waals surface area contributed by atoms with E-state index in [2.05, 4.69) is 5.32 Å². The first-order valence-electron chi connectivity index (χ1n) is 34.9. The molecule has 0 saturated carbocycles. The lowest BCUT2D eigenvalue weighted by Crippen LogP contribution is -2.41. The molecular weight excluding hydrogens is 1540 g/mol. The Morgan fingerprint density at radius 1 is 0.532 bits per heavy atom. The molecule has 0 bridgehead atoms. The highest BCUT2D eigenvalue weighted by Crippen LogP contribution is 2.46. The third-order valence-electron chi connectivity index (χ3n) is 18.6. The average Bonchev–Trinajstić information content (AvgIpc) is 0.758. The van der Waals surface area contributed by atoms with Crippen LogP contribution in [0.25, 0.3) is 22.3 Å². The number of carboxylic acids is 1. The molecule has 1 amide bonds. The van der Waals surface area contributed by atoms with E-state index < -0.39 is 170 Å². The van der Waals surface area contributed by atoms with Gasteiger partial charge in [-0.3, -0.25) is 24.0 Å². The van der Waals surface area contributed by atoms with Gasteiger partial charge in [0.25, 0.3) is 11.1 Å². The summed E-state index contributed by atoms with van der Waals surface area (Å²) in [6.07, 6.45) is -17.8. The number of hydrogen-bond acceptors (Lipinski definition) is 13. The number of ether oxygens (including phenoxy) is 4. The van der Waals surface area contributed by atoms with Crippen molar-refractivity contribution in [3.63, 3.8) is 0 Å². The molecular formula is C76H92F16N6O11S2. The van der Waals surface area contributed by atoms with Crippen LogP contribution in [0.15, 0.2) is 70.5 Å². The quantitative estimate of drug-likeness (QED) is 0.0323.